The number of phosphoric ester groups is 1. The van der Waals surface area contributed by atoms with Gasteiger partial charge in [-0.15, -0.1) is 0 Å². The highest BCUT2D eigenvalue weighted by Crippen LogP contribution is 2.43. The van der Waals surface area contributed by atoms with Gasteiger partial charge < -0.3 is 24.6 Å². The number of carbonyl (C=O) groups is 1. The molecule has 0 heterocycles. The van der Waals surface area contributed by atoms with Crippen LogP contribution in [0.2, 0.25) is 0 Å². The third-order valence-corrected chi connectivity index (χ3v) is 10.2. The fourth-order valence-corrected chi connectivity index (χ4v) is 6.70. The highest BCUT2D eigenvalue weighted by Gasteiger charge is 2.26. The topological polar surface area (TPSA) is 132 Å². The van der Waals surface area contributed by atoms with Crippen molar-refractivity contribution in [2.45, 2.75) is 206 Å². The van der Waals surface area contributed by atoms with Gasteiger partial charge in [-0.2, -0.15) is 0 Å². The summed E-state index contributed by atoms with van der Waals surface area (Å²) in [5.41, 5.74) is 0. The Bertz CT molecular complexity index is 939. The van der Waals surface area contributed by atoms with Gasteiger partial charge in [0, 0.05) is 13.0 Å². The Kier molecular flexibility index (Phi) is 40.3. The smallest absolute Gasteiger partial charge is 0.457 e. The molecular formula is C44H83O9P. The van der Waals surface area contributed by atoms with Crippen LogP contribution in [0.15, 0.2) is 36.5 Å². The molecule has 0 rings (SSSR count). The van der Waals surface area contributed by atoms with Gasteiger partial charge in [-0.25, -0.2) is 4.57 Å². The maximum atomic E-state index is 12.6. The molecule has 0 aromatic heterocycles. The summed E-state index contributed by atoms with van der Waals surface area (Å²) in [7, 11) is -4.52. The highest BCUT2D eigenvalue weighted by molar-refractivity contribution is 7.47. The lowest BCUT2D eigenvalue weighted by Gasteiger charge is -2.20. The summed E-state index contributed by atoms with van der Waals surface area (Å²) in [4.78, 5) is 22.6. The molecule has 0 spiro atoms. The number of aliphatic hydroxyl groups is 2. The van der Waals surface area contributed by atoms with E-state index in [1.54, 1.807) is 0 Å². The van der Waals surface area contributed by atoms with Crippen LogP contribution in [0.1, 0.15) is 194 Å². The fourth-order valence-electron chi connectivity index (χ4n) is 5.91. The van der Waals surface area contributed by atoms with E-state index in [2.05, 4.69) is 50.3 Å². The molecule has 10 heteroatoms. The van der Waals surface area contributed by atoms with E-state index in [1.165, 1.54) is 109 Å². The Balaban J connectivity index is 4.19. The van der Waals surface area contributed by atoms with Crippen molar-refractivity contribution in [1.29, 1.82) is 0 Å². The molecule has 0 radical (unpaired) electrons. The van der Waals surface area contributed by atoms with Crippen LogP contribution in [0.3, 0.4) is 0 Å². The van der Waals surface area contributed by atoms with Crippen LogP contribution in [0.25, 0.3) is 0 Å². The molecule has 0 saturated carbocycles. The largest absolute Gasteiger partial charge is 0.472 e. The quantitative estimate of drug-likeness (QED) is 0.0239. The lowest BCUT2D eigenvalue weighted by Crippen LogP contribution is -2.29. The van der Waals surface area contributed by atoms with E-state index in [-0.39, 0.29) is 19.6 Å². The summed E-state index contributed by atoms with van der Waals surface area (Å²) in [6.07, 6.45) is 43.8. The predicted molar refractivity (Wildman–Crippen MR) is 224 cm³/mol. The molecule has 0 aliphatic carbocycles. The van der Waals surface area contributed by atoms with E-state index in [0.29, 0.717) is 6.61 Å². The van der Waals surface area contributed by atoms with Crippen molar-refractivity contribution >= 4 is 13.8 Å². The van der Waals surface area contributed by atoms with Crippen LogP contribution in [0, 0.1) is 0 Å². The molecule has 9 nitrogen and oxygen atoms in total. The highest BCUT2D eigenvalue weighted by atomic mass is 31.2. The lowest BCUT2D eigenvalue weighted by atomic mass is 10.1. The van der Waals surface area contributed by atoms with Crippen molar-refractivity contribution < 1.29 is 43.0 Å². The SMILES string of the molecule is CCCCC/C=C\C/C=C\CCCCCCCCOCC(COP(=O)(O)OCC(O)CO)OC(=O)CCCCCCCCC/C=C\CCCCCCCC. The van der Waals surface area contributed by atoms with E-state index in [4.69, 9.17) is 23.6 Å². The van der Waals surface area contributed by atoms with E-state index in [1.807, 2.05) is 0 Å². The lowest BCUT2D eigenvalue weighted by molar-refractivity contribution is -0.154. The van der Waals surface area contributed by atoms with Crippen molar-refractivity contribution in [2.75, 3.05) is 33.0 Å². The van der Waals surface area contributed by atoms with E-state index < -0.39 is 39.2 Å². The first-order valence-electron chi connectivity index (χ1n) is 22.0. The molecular weight excluding hydrogens is 703 g/mol. The molecule has 0 bridgehead atoms. The minimum Gasteiger partial charge on any atom is -0.457 e. The third-order valence-electron chi connectivity index (χ3n) is 9.30. The second-order valence-electron chi connectivity index (χ2n) is 14.7. The fraction of sp³-hybridized carbons (Fsp3) is 0.841. The Labute approximate surface area is 331 Å². The Hall–Kier alpha value is -1.32. The summed E-state index contributed by atoms with van der Waals surface area (Å²) < 4.78 is 33.4. The summed E-state index contributed by atoms with van der Waals surface area (Å²) in [6.45, 7) is 3.47. The van der Waals surface area contributed by atoms with Crippen LogP contribution < -0.4 is 0 Å². The Morgan fingerprint density at radius 1 is 0.574 bits per heavy atom. The standard InChI is InChI=1S/C44H83O9P/c1-3-5-7-9-11-13-15-17-19-21-22-24-26-28-30-32-34-36-44(47)53-43(41-52-54(48,49)51-39-42(46)38-45)40-50-37-35-33-31-29-27-25-23-20-18-16-14-12-10-8-6-4-2/h12,14,17-20,42-43,45-46H,3-11,13,15-16,21-41H2,1-2H3,(H,48,49)/b14-12-,19-17-,20-18-. The monoisotopic (exact) mass is 787 g/mol. The summed E-state index contributed by atoms with van der Waals surface area (Å²) in [5.74, 6) is -0.391. The second-order valence-corrected chi connectivity index (χ2v) is 16.2. The van der Waals surface area contributed by atoms with Crippen molar-refractivity contribution in [1.82, 2.24) is 0 Å². The maximum absolute atomic E-state index is 12.6. The first kappa shape index (κ1) is 52.7. The third kappa shape index (κ3) is 40.3. The van der Waals surface area contributed by atoms with Crippen molar-refractivity contribution in [3.05, 3.63) is 36.5 Å². The van der Waals surface area contributed by atoms with Crippen molar-refractivity contribution in [2.24, 2.45) is 0 Å². The molecule has 0 aliphatic heterocycles. The van der Waals surface area contributed by atoms with Crippen LogP contribution in [0.5, 0.6) is 0 Å². The van der Waals surface area contributed by atoms with Gasteiger partial charge in [0.2, 0.25) is 0 Å². The zero-order chi connectivity index (χ0) is 39.6. The van der Waals surface area contributed by atoms with Gasteiger partial charge >= 0.3 is 13.8 Å². The zero-order valence-electron chi connectivity index (χ0n) is 34.7. The minimum atomic E-state index is -4.52. The predicted octanol–water partition coefficient (Wildman–Crippen LogP) is 12.0. The summed E-state index contributed by atoms with van der Waals surface area (Å²) in [6, 6.07) is 0. The molecule has 3 unspecified atom stereocenters. The summed E-state index contributed by atoms with van der Waals surface area (Å²) >= 11 is 0. The van der Waals surface area contributed by atoms with E-state index in [0.717, 1.165) is 64.2 Å². The number of allylic oxidation sites excluding steroid dienone is 6. The van der Waals surface area contributed by atoms with Crippen molar-refractivity contribution in [3.8, 4) is 0 Å². The average molecular weight is 787 g/mol. The van der Waals surface area contributed by atoms with Gasteiger partial charge in [-0.05, 0) is 70.6 Å². The Morgan fingerprint density at radius 2 is 1.00 bits per heavy atom. The van der Waals surface area contributed by atoms with E-state index >= 15 is 0 Å². The molecule has 0 amide bonds. The molecule has 0 saturated heterocycles. The number of rotatable bonds is 42. The number of phosphoric acid groups is 1. The van der Waals surface area contributed by atoms with Crippen LogP contribution in [-0.4, -0.2) is 66.3 Å². The molecule has 0 aliphatic rings. The number of ether oxygens (including phenoxy) is 2. The molecule has 3 N–H and O–H groups in total. The normalized spacial score (nSPS) is 14.4. The van der Waals surface area contributed by atoms with Gasteiger partial charge in [0.25, 0.3) is 0 Å². The molecule has 54 heavy (non-hydrogen) atoms. The van der Waals surface area contributed by atoms with Gasteiger partial charge in [-0.3, -0.25) is 13.8 Å². The van der Waals surface area contributed by atoms with Crippen LogP contribution in [-0.2, 0) is 27.9 Å². The van der Waals surface area contributed by atoms with Gasteiger partial charge in [0.15, 0.2) is 0 Å². The number of hydrogen-bond donors (Lipinski definition) is 3. The minimum absolute atomic E-state index is 0.0412. The molecule has 0 aromatic carbocycles. The first-order valence-corrected chi connectivity index (χ1v) is 23.5. The summed E-state index contributed by atoms with van der Waals surface area (Å²) in [5, 5.41) is 18.3. The van der Waals surface area contributed by atoms with Gasteiger partial charge in [0.05, 0.1) is 26.4 Å². The van der Waals surface area contributed by atoms with Crippen LogP contribution in [0.4, 0.5) is 0 Å². The maximum Gasteiger partial charge on any atom is 0.472 e. The van der Waals surface area contributed by atoms with E-state index in [9.17, 15) is 19.4 Å². The number of hydrogen-bond acceptors (Lipinski definition) is 8. The molecule has 0 aromatic rings. The first-order chi connectivity index (χ1) is 26.3. The zero-order valence-corrected chi connectivity index (χ0v) is 35.6. The molecule has 0 fully saturated rings. The van der Waals surface area contributed by atoms with Gasteiger partial charge in [0.1, 0.15) is 12.2 Å². The number of esters is 1. The Morgan fingerprint density at radius 3 is 1.54 bits per heavy atom. The van der Waals surface area contributed by atoms with Crippen molar-refractivity contribution in [3.63, 3.8) is 0 Å². The second kappa shape index (κ2) is 41.3. The number of unbranched alkanes of at least 4 members (excludes halogenated alkanes) is 22. The average Bonchev–Trinajstić information content (AvgIpc) is 3.16. The van der Waals surface area contributed by atoms with Gasteiger partial charge in [-0.1, -0.05) is 153 Å². The van der Waals surface area contributed by atoms with Crippen LogP contribution >= 0.6 is 7.82 Å². The molecule has 3 atom stereocenters. The molecule has 318 valence electrons. The number of carbonyl (C=O) groups excluding carboxylic acids is 1. The number of aliphatic hydroxyl groups excluding tert-OH is 2.